The average molecular weight is 307 g/mol. The normalized spacial score (nSPS) is 10.9. The molecule has 0 saturated heterocycles. The van der Waals surface area contributed by atoms with Gasteiger partial charge in [0.25, 0.3) is 0 Å². The Balaban J connectivity index is 2.58. The maximum Gasteiger partial charge on any atom is 0.319 e. The average Bonchev–Trinajstić information content (AvgIpc) is 2.40. The van der Waals surface area contributed by atoms with E-state index < -0.39 is 23.3 Å². The molecule has 0 aromatic heterocycles. The Labute approximate surface area is 128 Å². The summed E-state index contributed by atoms with van der Waals surface area (Å²) in [5.74, 6) is -1.48. The van der Waals surface area contributed by atoms with Crippen LogP contribution in [-0.4, -0.2) is 29.6 Å². The number of carboxylic acid groups (broad SMARTS) is 1. The molecular formula is C15H21N3O4. The summed E-state index contributed by atoms with van der Waals surface area (Å²) in [7, 11) is 0. The van der Waals surface area contributed by atoms with Crippen LogP contribution in [0.3, 0.4) is 0 Å². The number of amides is 3. The number of nitrogens with one attached hydrogen (secondary N) is 2. The molecule has 0 atom stereocenters. The molecule has 0 unspecified atom stereocenters. The van der Waals surface area contributed by atoms with Gasteiger partial charge in [-0.2, -0.15) is 0 Å². The van der Waals surface area contributed by atoms with Gasteiger partial charge in [0.1, 0.15) is 0 Å². The summed E-state index contributed by atoms with van der Waals surface area (Å²) in [5, 5.41) is 14.1. The summed E-state index contributed by atoms with van der Waals surface area (Å²) in [4.78, 5) is 33.9. The molecule has 1 aromatic rings. The van der Waals surface area contributed by atoms with Crippen LogP contribution in [0, 0.1) is 12.3 Å². The van der Waals surface area contributed by atoms with Crippen molar-refractivity contribution in [3.63, 3.8) is 0 Å². The third-order valence-electron chi connectivity index (χ3n) is 3.38. The van der Waals surface area contributed by atoms with Crippen molar-refractivity contribution in [3.05, 3.63) is 29.3 Å². The van der Waals surface area contributed by atoms with Crippen molar-refractivity contribution < 1.29 is 19.5 Å². The Kier molecular flexibility index (Phi) is 5.50. The van der Waals surface area contributed by atoms with E-state index in [-0.39, 0.29) is 6.54 Å². The molecule has 22 heavy (non-hydrogen) atoms. The van der Waals surface area contributed by atoms with Crippen LogP contribution < -0.4 is 16.4 Å². The molecule has 0 saturated carbocycles. The summed E-state index contributed by atoms with van der Waals surface area (Å²) in [6.45, 7) is 5.15. The van der Waals surface area contributed by atoms with Crippen LogP contribution in [0.1, 0.15) is 36.2 Å². The van der Waals surface area contributed by atoms with Crippen molar-refractivity contribution in [1.82, 2.24) is 5.32 Å². The molecule has 3 amide bonds. The summed E-state index contributed by atoms with van der Waals surface area (Å²) in [6.07, 6.45) is 0.302. The first-order valence-electron chi connectivity index (χ1n) is 6.82. The maximum absolute atomic E-state index is 11.7. The second-order valence-corrected chi connectivity index (χ2v) is 5.71. The highest BCUT2D eigenvalue weighted by molar-refractivity contribution is 5.97. The van der Waals surface area contributed by atoms with Gasteiger partial charge in [0.05, 0.1) is 5.41 Å². The summed E-state index contributed by atoms with van der Waals surface area (Å²) >= 11 is 0. The highest BCUT2D eigenvalue weighted by Gasteiger charge is 2.26. The van der Waals surface area contributed by atoms with Crippen molar-refractivity contribution in [2.45, 2.75) is 27.2 Å². The van der Waals surface area contributed by atoms with Gasteiger partial charge in [0.2, 0.25) is 5.91 Å². The van der Waals surface area contributed by atoms with Crippen LogP contribution in [0.2, 0.25) is 0 Å². The molecule has 0 spiro atoms. The van der Waals surface area contributed by atoms with Gasteiger partial charge in [-0.25, -0.2) is 4.79 Å². The number of benzene rings is 1. The molecule has 0 heterocycles. The predicted octanol–water partition coefficient (Wildman–Crippen LogP) is 1.72. The smallest absolute Gasteiger partial charge is 0.319 e. The number of rotatable bonds is 6. The van der Waals surface area contributed by atoms with Gasteiger partial charge in [-0.15, -0.1) is 0 Å². The lowest BCUT2D eigenvalue weighted by Gasteiger charge is -2.19. The number of hydrogen-bond acceptors (Lipinski definition) is 3. The lowest BCUT2D eigenvalue weighted by atomic mass is 9.90. The molecule has 1 rings (SSSR count). The lowest BCUT2D eigenvalue weighted by molar-refractivity contribution is -0.147. The number of hydrogen-bond donors (Lipinski definition) is 4. The third kappa shape index (κ3) is 4.76. The fraction of sp³-hybridized carbons (Fsp3) is 0.400. The van der Waals surface area contributed by atoms with E-state index >= 15 is 0 Å². The number of anilines is 1. The van der Waals surface area contributed by atoms with Crippen molar-refractivity contribution in [2.75, 3.05) is 11.9 Å². The third-order valence-corrected chi connectivity index (χ3v) is 3.38. The second kappa shape index (κ2) is 6.93. The number of aliphatic carboxylic acids is 1. The van der Waals surface area contributed by atoms with Gasteiger partial charge in [-0.1, -0.05) is 6.07 Å². The quantitative estimate of drug-likeness (QED) is 0.639. The zero-order valence-corrected chi connectivity index (χ0v) is 12.9. The van der Waals surface area contributed by atoms with Crippen molar-refractivity contribution >= 4 is 23.6 Å². The first-order valence-corrected chi connectivity index (χ1v) is 6.82. The molecule has 0 fully saturated rings. The van der Waals surface area contributed by atoms with E-state index in [0.29, 0.717) is 17.7 Å². The fourth-order valence-corrected chi connectivity index (χ4v) is 1.74. The maximum atomic E-state index is 11.7. The van der Waals surface area contributed by atoms with Gasteiger partial charge >= 0.3 is 12.0 Å². The van der Waals surface area contributed by atoms with E-state index in [1.54, 1.807) is 32.9 Å². The van der Waals surface area contributed by atoms with Gasteiger partial charge in [-0.05, 0) is 44.9 Å². The standard InChI is InChI=1S/C15H21N3O4/c1-9-4-5-10(8-11(9)12(16)19)18-14(22)17-7-6-15(2,3)13(20)21/h4-5,8H,6-7H2,1-3H3,(H2,16,19)(H,20,21)(H2,17,18,22). The van der Waals surface area contributed by atoms with E-state index in [9.17, 15) is 14.4 Å². The topological polar surface area (TPSA) is 122 Å². The Morgan fingerprint density at radius 2 is 1.91 bits per heavy atom. The van der Waals surface area contributed by atoms with Crippen molar-refractivity contribution in [3.8, 4) is 0 Å². The second-order valence-electron chi connectivity index (χ2n) is 5.71. The molecule has 0 bridgehead atoms. The van der Waals surface area contributed by atoms with Gasteiger partial charge in [-0.3, -0.25) is 9.59 Å². The first kappa shape index (κ1) is 17.5. The van der Waals surface area contributed by atoms with Crippen LogP contribution in [0.25, 0.3) is 0 Å². The minimum absolute atomic E-state index is 0.222. The Morgan fingerprint density at radius 1 is 1.27 bits per heavy atom. The molecule has 0 aliphatic heterocycles. The Hall–Kier alpha value is -2.57. The number of carbonyl (C=O) groups excluding carboxylic acids is 2. The molecule has 7 nitrogen and oxygen atoms in total. The lowest BCUT2D eigenvalue weighted by Crippen LogP contribution is -2.34. The predicted molar refractivity (Wildman–Crippen MR) is 82.8 cm³/mol. The summed E-state index contributed by atoms with van der Waals surface area (Å²) in [5.41, 5.74) is 5.84. The zero-order valence-electron chi connectivity index (χ0n) is 12.9. The fourth-order valence-electron chi connectivity index (χ4n) is 1.74. The summed E-state index contributed by atoms with van der Waals surface area (Å²) < 4.78 is 0. The zero-order chi connectivity index (χ0) is 16.9. The highest BCUT2D eigenvalue weighted by Crippen LogP contribution is 2.19. The molecule has 0 radical (unpaired) electrons. The van der Waals surface area contributed by atoms with Crippen molar-refractivity contribution in [2.24, 2.45) is 11.1 Å². The van der Waals surface area contributed by atoms with Crippen molar-refractivity contribution in [1.29, 1.82) is 0 Å². The van der Waals surface area contributed by atoms with Gasteiger partial charge < -0.3 is 21.5 Å². The molecule has 0 aliphatic rings. The van der Waals surface area contributed by atoms with E-state index in [1.807, 2.05) is 0 Å². The van der Waals surface area contributed by atoms with Crippen LogP contribution in [0.4, 0.5) is 10.5 Å². The molecule has 0 aliphatic carbocycles. The molecule has 5 N–H and O–H groups in total. The molecular weight excluding hydrogens is 286 g/mol. The van der Waals surface area contributed by atoms with E-state index in [1.165, 1.54) is 6.07 Å². The number of primary amides is 1. The van der Waals surface area contributed by atoms with Crippen LogP contribution in [0.5, 0.6) is 0 Å². The number of urea groups is 1. The number of carbonyl (C=O) groups is 3. The first-order chi connectivity index (χ1) is 10.1. The molecule has 7 heteroatoms. The van der Waals surface area contributed by atoms with Gasteiger partial charge in [0, 0.05) is 17.8 Å². The minimum Gasteiger partial charge on any atom is -0.481 e. The molecule has 1 aromatic carbocycles. The Morgan fingerprint density at radius 3 is 2.45 bits per heavy atom. The van der Waals surface area contributed by atoms with E-state index in [2.05, 4.69) is 10.6 Å². The van der Waals surface area contributed by atoms with Crippen LogP contribution in [0.15, 0.2) is 18.2 Å². The largest absolute Gasteiger partial charge is 0.481 e. The number of aryl methyl sites for hydroxylation is 1. The highest BCUT2D eigenvalue weighted by atomic mass is 16.4. The van der Waals surface area contributed by atoms with E-state index in [4.69, 9.17) is 10.8 Å². The van der Waals surface area contributed by atoms with E-state index in [0.717, 1.165) is 5.56 Å². The Bertz CT molecular complexity index is 596. The molecule has 120 valence electrons. The SMILES string of the molecule is Cc1ccc(NC(=O)NCCC(C)(C)C(=O)O)cc1C(N)=O. The van der Waals surface area contributed by atoms with Gasteiger partial charge in [0.15, 0.2) is 0 Å². The number of nitrogens with two attached hydrogens (primary N) is 1. The van der Waals surface area contributed by atoms with Crippen LogP contribution in [-0.2, 0) is 4.79 Å². The minimum atomic E-state index is -0.917. The number of carboxylic acids is 1. The van der Waals surface area contributed by atoms with Crippen LogP contribution >= 0.6 is 0 Å². The summed E-state index contributed by atoms with van der Waals surface area (Å²) in [6, 6.07) is 4.37. The monoisotopic (exact) mass is 307 g/mol.